The first-order chi connectivity index (χ1) is 7.29. The van der Waals surface area contributed by atoms with Gasteiger partial charge in [0, 0.05) is 11.9 Å². The Balaban J connectivity index is 2.49. The summed E-state index contributed by atoms with van der Waals surface area (Å²) in [6.45, 7) is 2.02. The maximum absolute atomic E-state index is 5.88. The maximum atomic E-state index is 5.88. The molecule has 0 N–H and O–H groups in total. The summed E-state index contributed by atoms with van der Waals surface area (Å²) in [7, 11) is 0. The second-order valence-electron chi connectivity index (χ2n) is 2.95. The molecule has 2 heterocycles. The van der Waals surface area contributed by atoms with E-state index in [1.165, 1.54) is 6.33 Å². The van der Waals surface area contributed by atoms with Gasteiger partial charge in [-0.05, 0) is 18.6 Å². The Labute approximate surface area is 92.4 Å². The molecule has 0 unspecified atom stereocenters. The lowest BCUT2D eigenvalue weighted by atomic mass is 10.3. The monoisotopic (exact) mass is 220 g/mol. The zero-order valence-electron chi connectivity index (χ0n) is 8.18. The lowest BCUT2D eigenvalue weighted by Crippen LogP contribution is -1.96. The fraction of sp³-hybridized carbons (Fsp3) is 0.200. The fourth-order valence-electron chi connectivity index (χ4n) is 1.18. The Bertz CT molecular complexity index is 458. The van der Waals surface area contributed by atoms with Crippen LogP contribution in [0, 0.1) is 0 Å². The second kappa shape index (κ2) is 4.31. The zero-order chi connectivity index (χ0) is 10.7. The summed E-state index contributed by atoms with van der Waals surface area (Å²) in [6, 6.07) is 3.51. The minimum Gasteiger partial charge on any atom is -0.245 e. The summed E-state index contributed by atoms with van der Waals surface area (Å²) in [5, 5.41) is 0.440. The van der Waals surface area contributed by atoms with E-state index in [0.29, 0.717) is 16.7 Å². The van der Waals surface area contributed by atoms with Crippen LogP contribution in [0.3, 0.4) is 0 Å². The quantitative estimate of drug-likeness (QED) is 0.728. The summed E-state index contributed by atoms with van der Waals surface area (Å²) in [5.41, 5.74) is 1.59. The molecule has 0 saturated carbocycles. The van der Waals surface area contributed by atoms with Crippen molar-refractivity contribution < 1.29 is 0 Å². The summed E-state index contributed by atoms with van der Waals surface area (Å²) < 4.78 is 0. The van der Waals surface area contributed by atoms with E-state index in [0.717, 1.165) is 12.1 Å². The SMILES string of the molecule is CCc1cc(Cl)nc(-c2ccncn2)n1. The van der Waals surface area contributed by atoms with Gasteiger partial charge in [-0.1, -0.05) is 18.5 Å². The fourth-order valence-corrected chi connectivity index (χ4v) is 1.39. The molecule has 0 spiro atoms. The van der Waals surface area contributed by atoms with Crippen molar-refractivity contribution in [1.82, 2.24) is 19.9 Å². The summed E-state index contributed by atoms with van der Waals surface area (Å²) in [5.74, 6) is 0.543. The second-order valence-corrected chi connectivity index (χ2v) is 3.34. The molecule has 0 aliphatic carbocycles. The number of halogens is 1. The van der Waals surface area contributed by atoms with Crippen LogP contribution in [-0.2, 0) is 6.42 Å². The Morgan fingerprint density at radius 3 is 2.87 bits per heavy atom. The molecule has 0 fully saturated rings. The summed E-state index contributed by atoms with van der Waals surface area (Å²) in [6.07, 6.45) is 3.93. The van der Waals surface area contributed by atoms with Gasteiger partial charge in [-0.2, -0.15) is 0 Å². The Kier molecular flexibility index (Phi) is 2.87. The molecule has 0 aliphatic rings. The molecule has 0 aliphatic heterocycles. The van der Waals surface area contributed by atoms with Crippen molar-refractivity contribution in [2.45, 2.75) is 13.3 Å². The smallest absolute Gasteiger partial charge is 0.179 e. The zero-order valence-corrected chi connectivity index (χ0v) is 8.94. The van der Waals surface area contributed by atoms with Gasteiger partial charge in [-0.25, -0.2) is 19.9 Å². The molecule has 0 saturated heterocycles. The van der Waals surface area contributed by atoms with Crippen molar-refractivity contribution in [3.05, 3.63) is 35.5 Å². The van der Waals surface area contributed by atoms with Crippen LogP contribution in [0.25, 0.3) is 11.5 Å². The first kappa shape index (κ1) is 9.98. The van der Waals surface area contributed by atoms with E-state index < -0.39 is 0 Å². The van der Waals surface area contributed by atoms with Crippen molar-refractivity contribution >= 4 is 11.6 Å². The highest BCUT2D eigenvalue weighted by Gasteiger charge is 2.05. The Morgan fingerprint density at radius 1 is 1.33 bits per heavy atom. The van der Waals surface area contributed by atoms with Crippen LogP contribution in [0.2, 0.25) is 5.15 Å². The number of nitrogens with zero attached hydrogens (tertiary/aromatic N) is 4. The van der Waals surface area contributed by atoms with Gasteiger partial charge in [0.05, 0.1) is 0 Å². The minimum absolute atomic E-state index is 0.440. The van der Waals surface area contributed by atoms with Crippen LogP contribution in [-0.4, -0.2) is 19.9 Å². The first-order valence-corrected chi connectivity index (χ1v) is 4.97. The van der Waals surface area contributed by atoms with E-state index in [1.807, 2.05) is 6.92 Å². The molecule has 0 bridgehead atoms. The molecule has 76 valence electrons. The third-order valence-electron chi connectivity index (χ3n) is 1.92. The average molecular weight is 221 g/mol. The molecular weight excluding hydrogens is 212 g/mol. The molecule has 4 nitrogen and oxygen atoms in total. The highest BCUT2D eigenvalue weighted by atomic mass is 35.5. The van der Waals surface area contributed by atoms with Crippen LogP contribution in [0.15, 0.2) is 24.7 Å². The van der Waals surface area contributed by atoms with Crippen molar-refractivity contribution in [2.24, 2.45) is 0 Å². The van der Waals surface area contributed by atoms with Gasteiger partial charge in [0.2, 0.25) is 0 Å². The molecular formula is C10H9ClN4. The van der Waals surface area contributed by atoms with Gasteiger partial charge in [-0.15, -0.1) is 0 Å². The normalized spacial score (nSPS) is 10.3. The van der Waals surface area contributed by atoms with Crippen molar-refractivity contribution in [3.63, 3.8) is 0 Å². The number of aromatic nitrogens is 4. The molecule has 0 radical (unpaired) electrons. The molecule has 15 heavy (non-hydrogen) atoms. The third-order valence-corrected chi connectivity index (χ3v) is 2.11. The van der Waals surface area contributed by atoms with Crippen molar-refractivity contribution in [1.29, 1.82) is 0 Å². The molecule has 2 rings (SSSR count). The number of rotatable bonds is 2. The van der Waals surface area contributed by atoms with E-state index in [9.17, 15) is 0 Å². The number of hydrogen-bond acceptors (Lipinski definition) is 4. The lowest BCUT2D eigenvalue weighted by Gasteiger charge is -2.01. The molecule has 2 aromatic rings. The summed E-state index contributed by atoms with van der Waals surface area (Å²) >= 11 is 5.88. The van der Waals surface area contributed by atoms with Crippen LogP contribution >= 0.6 is 11.6 Å². The van der Waals surface area contributed by atoms with Crippen LogP contribution < -0.4 is 0 Å². The first-order valence-electron chi connectivity index (χ1n) is 4.59. The van der Waals surface area contributed by atoms with Gasteiger partial charge >= 0.3 is 0 Å². The standard InChI is InChI=1S/C10H9ClN4/c1-2-7-5-9(11)15-10(14-7)8-3-4-12-6-13-8/h3-6H,2H2,1H3. The Hall–Kier alpha value is -1.55. The molecule has 0 amide bonds. The molecule has 0 atom stereocenters. The predicted molar refractivity (Wildman–Crippen MR) is 57.4 cm³/mol. The maximum Gasteiger partial charge on any atom is 0.179 e. The van der Waals surface area contributed by atoms with Crippen LogP contribution in [0.5, 0.6) is 0 Å². The number of hydrogen-bond donors (Lipinski definition) is 0. The van der Waals surface area contributed by atoms with E-state index in [-0.39, 0.29) is 0 Å². The lowest BCUT2D eigenvalue weighted by molar-refractivity contribution is 0.994. The van der Waals surface area contributed by atoms with E-state index in [2.05, 4.69) is 19.9 Å². The topological polar surface area (TPSA) is 51.6 Å². The van der Waals surface area contributed by atoms with Crippen molar-refractivity contribution in [3.8, 4) is 11.5 Å². The average Bonchev–Trinajstić information content (AvgIpc) is 2.29. The van der Waals surface area contributed by atoms with Crippen LogP contribution in [0.1, 0.15) is 12.6 Å². The molecule has 2 aromatic heterocycles. The highest BCUT2D eigenvalue weighted by molar-refractivity contribution is 6.29. The van der Waals surface area contributed by atoms with Gasteiger partial charge in [0.15, 0.2) is 5.82 Å². The predicted octanol–water partition coefficient (Wildman–Crippen LogP) is 2.15. The van der Waals surface area contributed by atoms with Gasteiger partial charge < -0.3 is 0 Å². The summed E-state index contributed by atoms with van der Waals surface area (Å²) in [4.78, 5) is 16.4. The van der Waals surface area contributed by atoms with Crippen LogP contribution in [0.4, 0.5) is 0 Å². The van der Waals surface area contributed by atoms with Gasteiger partial charge in [-0.3, -0.25) is 0 Å². The van der Waals surface area contributed by atoms with Gasteiger partial charge in [0.25, 0.3) is 0 Å². The van der Waals surface area contributed by atoms with E-state index in [1.54, 1.807) is 18.3 Å². The number of aryl methyl sites for hydroxylation is 1. The Morgan fingerprint density at radius 2 is 2.20 bits per heavy atom. The van der Waals surface area contributed by atoms with Gasteiger partial charge in [0.1, 0.15) is 17.2 Å². The highest BCUT2D eigenvalue weighted by Crippen LogP contribution is 2.15. The largest absolute Gasteiger partial charge is 0.245 e. The van der Waals surface area contributed by atoms with Crippen molar-refractivity contribution in [2.75, 3.05) is 0 Å². The molecule has 5 heteroatoms. The van der Waals surface area contributed by atoms with E-state index in [4.69, 9.17) is 11.6 Å². The molecule has 0 aromatic carbocycles. The third kappa shape index (κ3) is 2.27. The van der Waals surface area contributed by atoms with E-state index >= 15 is 0 Å². The minimum atomic E-state index is 0.440.